The highest BCUT2D eigenvalue weighted by Gasteiger charge is 2.07. The van der Waals surface area contributed by atoms with Crippen LogP contribution >= 0.6 is 0 Å². The number of carbonyl (C=O) groups is 1. The van der Waals surface area contributed by atoms with Crippen LogP contribution in [-0.4, -0.2) is 6.09 Å². The second-order valence-corrected chi connectivity index (χ2v) is 3.26. The average Bonchev–Trinajstić information content (AvgIpc) is 2.82. The SMILES string of the molecule is O=C(Nc1ccccc1F)OCc1ccco1. The summed E-state index contributed by atoms with van der Waals surface area (Å²) in [5.41, 5.74) is 0.0805. The van der Waals surface area contributed by atoms with Crippen molar-refractivity contribution in [3.05, 3.63) is 54.2 Å². The van der Waals surface area contributed by atoms with Gasteiger partial charge in [-0.2, -0.15) is 0 Å². The highest BCUT2D eigenvalue weighted by Crippen LogP contribution is 2.12. The maximum Gasteiger partial charge on any atom is 0.412 e. The molecule has 5 heteroatoms. The number of anilines is 1. The van der Waals surface area contributed by atoms with Gasteiger partial charge in [-0.1, -0.05) is 12.1 Å². The van der Waals surface area contributed by atoms with Crippen molar-refractivity contribution < 1.29 is 18.3 Å². The third-order valence-electron chi connectivity index (χ3n) is 2.04. The Kier molecular flexibility index (Phi) is 3.40. The van der Waals surface area contributed by atoms with Crippen LogP contribution in [0.25, 0.3) is 0 Å². The Bertz CT molecular complexity index is 496. The zero-order valence-electron chi connectivity index (χ0n) is 8.85. The molecule has 2 aromatic rings. The summed E-state index contributed by atoms with van der Waals surface area (Å²) in [5.74, 6) is 0.0103. The number of halogens is 1. The molecule has 0 bridgehead atoms. The van der Waals surface area contributed by atoms with Crippen LogP contribution in [0.4, 0.5) is 14.9 Å². The number of benzene rings is 1. The Balaban J connectivity index is 1.87. The Morgan fingerprint density at radius 3 is 2.82 bits per heavy atom. The van der Waals surface area contributed by atoms with Crippen LogP contribution < -0.4 is 5.32 Å². The third-order valence-corrected chi connectivity index (χ3v) is 2.04. The molecule has 0 aliphatic rings. The Hall–Kier alpha value is -2.30. The molecule has 0 saturated heterocycles. The summed E-state index contributed by atoms with van der Waals surface area (Å²) in [6.45, 7) is 0.00723. The number of furan rings is 1. The molecule has 88 valence electrons. The molecule has 0 unspecified atom stereocenters. The van der Waals surface area contributed by atoms with Gasteiger partial charge in [-0.3, -0.25) is 5.32 Å². The second-order valence-electron chi connectivity index (χ2n) is 3.26. The normalized spacial score (nSPS) is 9.94. The van der Waals surface area contributed by atoms with E-state index in [1.165, 1.54) is 24.5 Å². The van der Waals surface area contributed by atoms with E-state index < -0.39 is 11.9 Å². The van der Waals surface area contributed by atoms with Crippen LogP contribution in [0.5, 0.6) is 0 Å². The fourth-order valence-corrected chi connectivity index (χ4v) is 1.24. The molecule has 1 N–H and O–H groups in total. The monoisotopic (exact) mass is 235 g/mol. The van der Waals surface area contributed by atoms with Gasteiger partial charge < -0.3 is 9.15 Å². The molecule has 0 aliphatic heterocycles. The minimum Gasteiger partial charge on any atom is -0.466 e. The van der Waals surface area contributed by atoms with Crippen LogP contribution in [-0.2, 0) is 11.3 Å². The quantitative estimate of drug-likeness (QED) is 0.888. The van der Waals surface area contributed by atoms with Gasteiger partial charge in [0.05, 0.1) is 12.0 Å². The van der Waals surface area contributed by atoms with Gasteiger partial charge in [0.25, 0.3) is 0 Å². The van der Waals surface area contributed by atoms with Gasteiger partial charge in [0.15, 0.2) is 6.61 Å². The number of hydrogen-bond acceptors (Lipinski definition) is 3. The average molecular weight is 235 g/mol. The predicted octanol–water partition coefficient (Wildman–Crippen LogP) is 3.17. The first-order valence-corrected chi connectivity index (χ1v) is 4.96. The third kappa shape index (κ3) is 3.07. The first kappa shape index (κ1) is 11.2. The van der Waals surface area contributed by atoms with Crippen molar-refractivity contribution in [3.8, 4) is 0 Å². The molecule has 0 aliphatic carbocycles. The van der Waals surface area contributed by atoms with E-state index in [1.54, 1.807) is 18.2 Å². The largest absolute Gasteiger partial charge is 0.466 e. The molecule has 2 rings (SSSR count). The van der Waals surface area contributed by atoms with Crippen molar-refractivity contribution in [2.45, 2.75) is 6.61 Å². The van der Waals surface area contributed by atoms with Crippen molar-refractivity contribution in [3.63, 3.8) is 0 Å². The lowest BCUT2D eigenvalue weighted by Gasteiger charge is -2.06. The summed E-state index contributed by atoms with van der Waals surface area (Å²) >= 11 is 0. The lowest BCUT2D eigenvalue weighted by atomic mass is 10.3. The van der Waals surface area contributed by atoms with Crippen LogP contribution in [0.3, 0.4) is 0 Å². The van der Waals surface area contributed by atoms with E-state index in [0.29, 0.717) is 5.76 Å². The molecule has 0 atom stereocenters. The lowest BCUT2D eigenvalue weighted by molar-refractivity contribution is 0.146. The standard InChI is InChI=1S/C12H10FNO3/c13-10-5-1-2-6-11(10)14-12(15)17-8-9-4-3-7-16-9/h1-7H,8H2,(H,14,15). The molecule has 0 fully saturated rings. The van der Waals surface area contributed by atoms with Crippen LogP contribution in [0, 0.1) is 5.82 Å². The van der Waals surface area contributed by atoms with E-state index >= 15 is 0 Å². The molecule has 0 spiro atoms. The maximum absolute atomic E-state index is 13.2. The molecular formula is C12H10FNO3. The molecule has 1 amide bonds. The summed E-state index contributed by atoms with van der Waals surface area (Å²) in [4.78, 5) is 11.3. The minimum atomic E-state index is -0.730. The molecule has 1 aromatic carbocycles. The summed E-state index contributed by atoms with van der Waals surface area (Å²) in [6.07, 6.45) is 0.750. The van der Waals surface area contributed by atoms with E-state index in [-0.39, 0.29) is 12.3 Å². The van der Waals surface area contributed by atoms with Crippen molar-refractivity contribution >= 4 is 11.8 Å². The van der Waals surface area contributed by atoms with Crippen molar-refractivity contribution in [2.75, 3.05) is 5.32 Å². The van der Waals surface area contributed by atoms with E-state index in [1.807, 2.05) is 0 Å². The number of nitrogens with one attached hydrogen (secondary N) is 1. The fraction of sp³-hybridized carbons (Fsp3) is 0.0833. The molecule has 0 radical (unpaired) electrons. The number of carbonyl (C=O) groups excluding carboxylic acids is 1. The number of ether oxygens (including phenoxy) is 1. The molecule has 1 aromatic heterocycles. The first-order chi connectivity index (χ1) is 8.25. The van der Waals surface area contributed by atoms with Gasteiger partial charge >= 0.3 is 6.09 Å². The van der Waals surface area contributed by atoms with Gasteiger partial charge in [-0.25, -0.2) is 9.18 Å². The topological polar surface area (TPSA) is 51.5 Å². The summed E-state index contributed by atoms with van der Waals surface area (Å²) < 4.78 is 23.0. The Morgan fingerprint density at radius 1 is 1.29 bits per heavy atom. The maximum atomic E-state index is 13.2. The van der Waals surface area contributed by atoms with Gasteiger partial charge in [0.1, 0.15) is 11.6 Å². The van der Waals surface area contributed by atoms with Gasteiger partial charge in [0.2, 0.25) is 0 Å². The van der Waals surface area contributed by atoms with E-state index in [2.05, 4.69) is 5.32 Å². The summed E-state index contributed by atoms with van der Waals surface area (Å²) in [6, 6.07) is 9.22. The molecule has 17 heavy (non-hydrogen) atoms. The van der Waals surface area contributed by atoms with E-state index in [0.717, 1.165) is 0 Å². The van der Waals surface area contributed by atoms with Crippen LogP contribution in [0.15, 0.2) is 47.1 Å². The lowest BCUT2D eigenvalue weighted by Crippen LogP contribution is -2.14. The summed E-state index contributed by atoms with van der Waals surface area (Å²) in [5, 5.41) is 2.29. The fourth-order valence-electron chi connectivity index (χ4n) is 1.24. The zero-order chi connectivity index (χ0) is 12.1. The van der Waals surface area contributed by atoms with Gasteiger partial charge in [0, 0.05) is 0 Å². The van der Waals surface area contributed by atoms with Gasteiger partial charge in [-0.15, -0.1) is 0 Å². The Labute approximate surface area is 97.0 Å². The molecule has 1 heterocycles. The van der Waals surface area contributed by atoms with Crippen molar-refractivity contribution in [2.24, 2.45) is 0 Å². The van der Waals surface area contributed by atoms with Gasteiger partial charge in [-0.05, 0) is 24.3 Å². The number of amides is 1. The summed E-state index contributed by atoms with van der Waals surface area (Å²) in [7, 11) is 0. The highest BCUT2D eigenvalue weighted by atomic mass is 19.1. The predicted molar refractivity (Wildman–Crippen MR) is 58.9 cm³/mol. The van der Waals surface area contributed by atoms with E-state index in [9.17, 15) is 9.18 Å². The van der Waals surface area contributed by atoms with E-state index in [4.69, 9.17) is 9.15 Å². The number of rotatable bonds is 3. The smallest absolute Gasteiger partial charge is 0.412 e. The molecule has 4 nitrogen and oxygen atoms in total. The zero-order valence-corrected chi connectivity index (χ0v) is 8.85. The van der Waals surface area contributed by atoms with Crippen molar-refractivity contribution in [1.82, 2.24) is 0 Å². The number of para-hydroxylation sites is 1. The number of hydrogen-bond donors (Lipinski definition) is 1. The van der Waals surface area contributed by atoms with Crippen LogP contribution in [0.2, 0.25) is 0 Å². The van der Waals surface area contributed by atoms with Crippen molar-refractivity contribution in [1.29, 1.82) is 0 Å². The first-order valence-electron chi connectivity index (χ1n) is 4.96. The second kappa shape index (κ2) is 5.16. The molecular weight excluding hydrogens is 225 g/mol. The minimum absolute atomic E-state index is 0.00723. The molecule has 0 saturated carbocycles. The van der Waals surface area contributed by atoms with Crippen LogP contribution in [0.1, 0.15) is 5.76 Å². The Morgan fingerprint density at radius 2 is 2.12 bits per heavy atom. The highest BCUT2D eigenvalue weighted by molar-refractivity contribution is 5.84.